The molecule has 5 rings (SSSR count). The van der Waals surface area contributed by atoms with Gasteiger partial charge in [-0.2, -0.15) is 0 Å². The highest BCUT2D eigenvalue weighted by Gasteiger charge is 2.62. The van der Waals surface area contributed by atoms with E-state index in [1.165, 1.54) is 12.0 Å². The zero-order valence-corrected chi connectivity index (χ0v) is 25.8. The molecule has 11 heteroatoms. The second-order valence-corrected chi connectivity index (χ2v) is 12.8. The number of nitrogens with zero attached hydrogens (tertiary/aromatic N) is 2. The highest BCUT2D eigenvalue weighted by molar-refractivity contribution is 5.96. The Labute approximate surface area is 257 Å². The number of esters is 1. The molecule has 1 saturated carbocycles. The number of ether oxygens (including phenoxy) is 3. The van der Waals surface area contributed by atoms with Crippen LogP contribution in [0.4, 0.5) is 4.79 Å². The topological polar surface area (TPSA) is 136 Å². The average Bonchev–Trinajstić information content (AvgIpc) is 3.50. The minimum absolute atomic E-state index is 0.120. The molecule has 11 nitrogen and oxygen atoms in total. The molecular formula is C33H42N4O7. The van der Waals surface area contributed by atoms with E-state index in [9.17, 15) is 19.2 Å². The Morgan fingerprint density at radius 2 is 1.91 bits per heavy atom. The molecule has 0 unspecified atom stereocenters. The predicted molar refractivity (Wildman–Crippen MR) is 163 cm³/mol. The maximum Gasteiger partial charge on any atom is 0.408 e. The van der Waals surface area contributed by atoms with Crippen molar-refractivity contribution in [1.29, 1.82) is 0 Å². The Morgan fingerprint density at radius 3 is 2.68 bits per heavy atom. The molecular weight excluding hydrogens is 564 g/mol. The van der Waals surface area contributed by atoms with E-state index in [0.717, 1.165) is 30.2 Å². The Bertz CT molecular complexity index is 1430. The van der Waals surface area contributed by atoms with Crippen molar-refractivity contribution in [3.63, 3.8) is 0 Å². The van der Waals surface area contributed by atoms with Gasteiger partial charge in [0.2, 0.25) is 11.8 Å². The van der Waals surface area contributed by atoms with E-state index in [2.05, 4.69) is 15.6 Å². The largest absolute Gasteiger partial charge is 0.488 e. The molecule has 2 fully saturated rings. The molecule has 5 atom stereocenters. The molecule has 44 heavy (non-hydrogen) atoms. The number of hydrogen-bond donors (Lipinski definition) is 2. The first kappa shape index (κ1) is 31.3. The van der Waals surface area contributed by atoms with E-state index >= 15 is 0 Å². The van der Waals surface area contributed by atoms with Gasteiger partial charge in [0.15, 0.2) is 0 Å². The van der Waals surface area contributed by atoms with Crippen molar-refractivity contribution in [2.75, 3.05) is 13.7 Å². The van der Waals surface area contributed by atoms with Crippen LogP contribution in [-0.4, -0.2) is 76.7 Å². The van der Waals surface area contributed by atoms with Gasteiger partial charge in [-0.15, -0.1) is 0 Å². The fraction of sp³-hybridized carbons (Fsp3) is 0.545. The molecule has 1 aromatic carbocycles. The number of rotatable bonds is 4. The molecule has 3 amide bonds. The van der Waals surface area contributed by atoms with Crippen LogP contribution in [0.1, 0.15) is 65.7 Å². The molecule has 1 aromatic heterocycles. The van der Waals surface area contributed by atoms with Gasteiger partial charge in [-0.3, -0.25) is 14.6 Å². The van der Waals surface area contributed by atoms with Crippen molar-refractivity contribution in [3.8, 4) is 5.75 Å². The number of fused-ring (bicyclic) bond motifs is 3. The molecule has 1 aliphatic carbocycles. The summed E-state index contributed by atoms with van der Waals surface area (Å²) in [6.45, 7) is 5.39. The van der Waals surface area contributed by atoms with Crippen LogP contribution in [0.3, 0.4) is 0 Å². The highest BCUT2D eigenvalue weighted by atomic mass is 16.6. The number of alkyl carbamates (subject to hydrolysis) is 1. The van der Waals surface area contributed by atoms with Crippen molar-refractivity contribution in [2.45, 2.75) is 95.0 Å². The van der Waals surface area contributed by atoms with Gasteiger partial charge in [0.05, 0.1) is 19.2 Å². The zero-order chi connectivity index (χ0) is 31.5. The summed E-state index contributed by atoms with van der Waals surface area (Å²) in [7, 11) is 1.30. The lowest BCUT2D eigenvalue weighted by Crippen LogP contribution is -2.56. The number of carbonyl (C=O) groups excluding carboxylic acids is 4. The van der Waals surface area contributed by atoms with Crippen LogP contribution in [0.25, 0.3) is 10.9 Å². The number of carbonyl (C=O) groups is 4. The number of para-hydroxylation sites is 1. The van der Waals surface area contributed by atoms with Crippen LogP contribution in [0.5, 0.6) is 5.75 Å². The van der Waals surface area contributed by atoms with Crippen molar-refractivity contribution in [2.24, 2.45) is 5.92 Å². The Kier molecular flexibility index (Phi) is 9.12. The third-order valence-corrected chi connectivity index (χ3v) is 8.38. The Hall–Kier alpha value is -4.15. The Balaban J connectivity index is 1.45. The van der Waals surface area contributed by atoms with E-state index < -0.39 is 53.2 Å². The Morgan fingerprint density at radius 1 is 1.11 bits per heavy atom. The lowest BCUT2D eigenvalue weighted by atomic mass is 10.0. The van der Waals surface area contributed by atoms with Gasteiger partial charge < -0.3 is 29.7 Å². The van der Waals surface area contributed by atoms with E-state index in [0.29, 0.717) is 25.0 Å². The standard InChI is InChI=1S/C33H42N4O7/c1-32(2,3)44-31(41)35-25-15-9-7-5-6-8-12-21-19-33(21,30(40)42-4)36-28(38)26-18-22(20-37(26)29(25)39)43-27-16-17-34-24-14-11-10-13-23(24)27/h8,10-14,16-17,21-22,25-26H,5-7,9,15,18-20H2,1-4H3,(H,35,41)(H,36,38)/b12-8+/t21-,22+,25-,26-,33+/m0/s1. The van der Waals surface area contributed by atoms with Gasteiger partial charge in [-0.1, -0.05) is 37.1 Å². The number of aromatic nitrogens is 1. The summed E-state index contributed by atoms with van der Waals surface area (Å²) in [5, 5.41) is 6.53. The van der Waals surface area contributed by atoms with Crippen molar-refractivity contribution >= 4 is 34.8 Å². The molecule has 0 radical (unpaired) electrons. The first-order valence-electron chi connectivity index (χ1n) is 15.4. The van der Waals surface area contributed by atoms with Gasteiger partial charge in [-0.25, -0.2) is 9.59 Å². The molecule has 3 aliphatic rings. The van der Waals surface area contributed by atoms with E-state index in [-0.39, 0.29) is 18.9 Å². The fourth-order valence-electron chi connectivity index (χ4n) is 6.12. The van der Waals surface area contributed by atoms with E-state index in [4.69, 9.17) is 14.2 Å². The maximum absolute atomic E-state index is 14.2. The normalized spacial score (nSPS) is 28.4. The number of methoxy groups -OCH3 is 1. The summed E-state index contributed by atoms with van der Waals surface area (Å²) in [5.41, 5.74) is -1.16. The van der Waals surface area contributed by atoms with Crippen LogP contribution < -0.4 is 15.4 Å². The molecule has 0 spiro atoms. The van der Waals surface area contributed by atoms with Crippen LogP contribution in [0.2, 0.25) is 0 Å². The molecule has 2 aliphatic heterocycles. The van der Waals surface area contributed by atoms with Crippen LogP contribution in [0, 0.1) is 5.92 Å². The summed E-state index contributed by atoms with van der Waals surface area (Å²) in [5.74, 6) is -0.962. The number of nitrogens with one attached hydrogen (secondary N) is 2. The summed E-state index contributed by atoms with van der Waals surface area (Å²) in [4.78, 5) is 59.7. The second-order valence-electron chi connectivity index (χ2n) is 12.8. The summed E-state index contributed by atoms with van der Waals surface area (Å²) >= 11 is 0. The third-order valence-electron chi connectivity index (χ3n) is 8.38. The fourth-order valence-corrected chi connectivity index (χ4v) is 6.12. The SMILES string of the molecule is COC(=O)[C@@]12C[C@@H]1/C=C/CCCCC[C@H](NC(=O)OC(C)(C)C)C(=O)N1C[C@H](Oc3ccnc4ccccc34)C[C@H]1C(=O)N2. The van der Waals surface area contributed by atoms with Gasteiger partial charge in [0.1, 0.15) is 35.1 Å². The second kappa shape index (κ2) is 12.8. The molecule has 3 heterocycles. The number of benzene rings is 1. The number of hydrogen-bond acceptors (Lipinski definition) is 8. The van der Waals surface area contributed by atoms with Crippen molar-refractivity contribution in [1.82, 2.24) is 20.5 Å². The molecule has 0 bridgehead atoms. The van der Waals surface area contributed by atoms with Crippen molar-refractivity contribution in [3.05, 3.63) is 48.7 Å². The average molecular weight is 607 g/mol. The first-order valence-corrected chi connectivity index (χ1v) is 15.4. The predicted octanol–water partition coefficient (Wildman–Crippen LogP) is 4.04. The zero-order valence-electron chi connectivity index (χ0n) is 25.8. The van der Waals surface area contributed by atoms with Crippen molar-refractivity contribution < 1.29 is 33.4 Å². The van der Waals surface area contributed by atoms with E-state index in [1.54, 1.807) is 33.0 Å². The lowest BCUT2D eigenvalue weighted by molar-refractivity contribution is -0.148. The number of allylic oxidation sites excluding steroid dienone is 1. The molecule has 1 saturated heterocycles. The molecule has 2 N–H and O–H groups in total. The first-order chi connectivity index (χ1) is 21.0. The maximum atomic E-state index is 14.2. The quantitative estimate of drug-likeness (QED) is 0.393. The summed E-state index contributed by atoms with van der Waals surface area (Å²) in [6.07, 6.45) is 8.70. The van der Waals surface area contributed by atoms with Gasteiger partial charge >= 0.3 is 12.1 Å². The summed E-state index contributed by atoms with van der Waals surface area (Å²) < 4.78 is 17.0. The van der Waals surface area contributed by atoms with Crippen LogP contribution >= 0.6 is 0 Å². The van der Waals surface area contributed by atoms with Gasteiger partial charge in [-0.05, 0) is 64.7 Å². The third kappa shape index (κ3) is 6.97. The monoisotopic (exact) mass is 606 g/mol. The minimum atomic E-state index is -1.17. The highest BCUT2D eigenvalue weighted by Crippen LogP contribution is 2.46. The minimum Gasteiger partial charge on any atom is -0.488 e. The van der Waals surface area contributed by atoms with Gasteiger partial charge in [0, 0.05) is 23.9 Å². The molecule has 2 aromatic rings. The lowest BCUT2D eigenvalue weighted by Gasteiger charge is -2.30. The van der Waals surface area contributed by atoms with Gasteiger partial charge in [0.25, 0.3) is 0 Å². The number of pyridine rings is 1. The summed E-state index contributed by atoms with van der Waals surface area (Å²) in [6, 6.07) is 7.52. The van der Waals surface area contributed by atoms with E-state index in [1.807, 2.05) is 36.4 Å². The molecule has 236 valence electrons. The smallest absolute Gasteiger partial charge is 0.408 e. The van der Waals surface area contributed by atoms with Crippen LogP contribution in [0.15, 0.2) is 48.7 Å². The number of amides is 3. The van der Waals surface area contributed by atoms with Crippen LogP contribution in [-0.2, 0) is 23.9 Å².